The first-order valence-corrected chi connectivity index (χ1v) is 4.57. The Bertz CT molecular complexity index is 450. The molecule has 0 bridgehead atoms. The van der Waals surface area contributed by atoms with Crippen LogP contribution in [0.5, 0.6) is 0 Å². The highest BCUT2D eigenvalue weighted by molar-refractivity contribution is 9.10. The molecule has 66 valence electrons. The summed E-state index contributed by atoms with van der Waals surface area (Å²) in [7, 11) is 0. The number of hydrogen-bond acceptors (Lipinski definition) is 1. The van der Waals surface area contributed by atoms with Gasteiger partial charge in [0, 0.05) is 21.6 Å². The third kappa shape index (κ3) is 1.45. The Morgan fingerprint density at radius 1 is 1.46 bits per heavy atom. The van der Waals surface area contributed by atoms with Crippen LogP contribution in [-0.4, -0.2) is 11.4 Å². The number of carbonyl (C=O) groups excluding carboxylic acids is 1. The lowest BCUT2D eigenvalue weighted by Crippen LogP contribution is -1.93. The zero-order valence-electron chi connectivity index (χ0n) is 6.67. The molecule has 0 aliphatic rings. The van der Waals surface area contributed by atoms with Crippen LogP contribution in [0.4, 0.5) is 5.69 Å². The van der Waals surface area contributed by atoms with Gasteiger partial charge in [0.15, 0.2) is 0 Å². The summed E-state index contributed by atoms with van der Waals surface area (Å²) in [6.07, 6.45) is 2.52. The molecular weight excluding hydrogens is 232 g/mol. The van der Waals surface area contributed by atoms with Crippen LogP contribution in [0.15, 0.2) is 28.9 Å². The smallest absolute Gasteiger partial charge is 0.211 e. The van der Waals surface area contributed by atoms with Crippen molar-refractivity contribution in [1.82, 2.24) is 4.98 Å². The average Bonchev–Trinajstić information content (AvgIpc) is 2.52. The summed E-state index contributed by atoms with van der Waals surface area (Å²) in [5, 5.41) is 3.66. The van der Waals surface area contributed by atoms with Crippen molar-refractivity contribution in [1.29, 1.82) is 0 Å². The maximum Gasteiger partial charge on any atom is 0.211 e. The number of fused-ring (bicyclic) bond motifs is 1. The molecule has 0 fully saturated rings. The van der Waals surface area contributed by atoms with Crippen molar-refractivity contribution < 1.29 is 4.79 Å². The molecule has 1 heterocycles. The maximum absolute atomic E-state index is 10.3. The first-order chi connectivity index (χ1) is 6.31. The van der Waals surface area contributed by atoms with Crippen LogP contribution in [-0.2, 0) is 4.79 Å². The van der Waals surface area contributed by atoms with E-state index in [0.29, 0.717) is 6.41 Å². The molecule has 2 aromatic rings. The highest BCUT2D eigenvalue weighted by Crippen LogP contribution is 2.26. The van der Waals surface area contributed by atoms with Crippen molar-refractivity contribution in [2.24, 2.45) is 0 Å². The van der Waals surface area contributed by atoms with E-state index in [2.05, 4.69) is 26.2 Å². The Hall–Kier alpha value is -1.29. The number of nitrogens with one attached hydrogen (secondary N) is 2. The van der Waals surface area contributed by atoms with Gasteiger partial charge in [-0.1, -0.05) is 15.9 Å². The lowest BCUT2D eigenvalue weighted by Gasteiger charge is -2.01. The SMILES string of the molecule is O=CNc1cc(Br)cc2[nH]ccc12. The van der Waals surface area contributed by atoms with E-state index in [9.17, 15) is 4.79 Å². The van der Waals surface area contributed by atoms with Gasteiger partial charge in [-0.15, -0.1) is 0 Å². The molecule has 2 rings (SSSR count). The zero-order chi connectivity index (χ0) is 9.26. The topological polar surface area (TPSA) is 44.9 Å². The Morgan fingerprint density at radius 3 is 3.08 bits per heavy atom. The Morgan fingerprint density at radius 2 is 2.31 bits per heavy atom. The molecule has 0 saturated carbocycles. The number of aromatic amines is 1. The number of aromatic nitrogens is 1. The summed E-state index contributed by atoms with van der Waals surface area (Å²) in [6.45, 7) is 0. The summed E-state index contributed by atoms with van der Waals surface area (Å²) in [5.41, 5.74) is 1.80. The summed E-state index contributed by atoms with van der Waals surface area (Å²) in [5.74, 6) is 0. The van der Waals surface area contributed by atoms with E-state index in [4.69, 9.17) is 0 Å². The number of rotatable bonds is 2. The van der Waals surface area contributed by atoms with Gasteiger partial charge < -0.3 is 10.3 Å². The third-order valence-corrected chi connectivity index (χ3v) is 2.31. The van der Waals surface area contributed by atoms with E-state index in [-0.39, 0.29) is 0 Å². The van der Waals surface area contributed by atoms with Gasteiger partial charge in [0.2, 0.25) is 6.41 Å². The molecule has 2 N–H and O–H groups in total. The summed E-state index contributed by atoms with van der Waals surface area (Å²) >= 11 is 3.36. The minimum absolute atomic E-state index is 0.675. The van der Waals surface area contributed by atoms with Crippen LogP contribution >= 0.6 is 15.9 Å². The van der Waals surface area contributed by atoms with Gasteiger partial charge in [0.1, 0.15) is 0 Å². The summed E-state index contributed by atoms with van der Waals surface area (Å²) in [4.78, 5) is 13.4. The first-order valence-electron chi connectivity index (χ1n) is 3.78. The van der Waals surface area contributed by atoms with E-state index in [1.54, 1.807) is 0 Å². The molecule has 4 heteroatoms. The largest absolute Gasteiger partial charge is 0.361 e. The number of carbonyl (C=O) groups is 1. The minimum atomic E-state index is 0.675. The van der Waals surface area contributed by atoms with Crippen molar-refractivity contribution in [3.63, 3.8) is 0 Å². The quantitative estimate of drug-likeness (QED) is 0.777. The fraction of sp³-hybridized carbons (Fsp3) is 0. The zero-order valence-corrected chi connectivity index (χ0v) is 8.26. The van der Waals surface area contributed by atoms with E-state index >= 15 is 0 Å². The Labute approximate surface area is 83.3 Å². The van der Waals surface area contributed by atoms with E-state index < -0.39 is 0 Å². The minimum Gasteiger partial charge on any atom is -0.361 e. The second kappa shape index (κ2) is 3.22. The molecule has 1 aromatic heterocycles. The number of halogens is 1. The van der Waals surface area contributed by atoms with E-state index in [1.165, 1.54) is 0 Å². The predicted octanol–water partition coefficient (Wildman–Crippen LogP) is 2.50. The molecule has 1 amide bonds. The lowest BCUT2D eigenvalue weighted by molar-refractivity contribution is -0.105. The van der Waals surface area contributed by atoms with Gasteiger partial charge in [0.05, 0.1) is 5.69 Å². The van der Waals surface area contributed by atoms with E-state index in [1.807, 2.05) is 24.4 Å². The van der Waals surface area contributed by atoms with Crippen molar-refractivity contribution in [2.75, 3.05) is 5.32 Å². The highest BCUT2D eigenvalue weighted by Gasteiger charge is 2.02. The number of amides is 1. The predicted molar refractivity (Wildman–Crippen MR) is 55.7 cm³/mol. The fourth-order valence-electron chi connectivity index (χ4n) is 1.31. The second-order valence-corrected chi connectivity index (χ2v) is 3.57. The second-order valence-electron chi connectivity index (χ2n) is 2.65. The Kier molecular flexibility index (Phi) is 2.06. The molecule has 13 heavy (non-hydrogen) atoms. The molecule has 3 nitrogen and oxygen atoms in total. The normalized spacial score (nSPS) is 10.2. The van der Waals surface area contributed by atoms with E-state index in [0.717, 1.165) is 21.1 Å². The molecule has 0 unspecified atom stereocenters. The van der Waals surface area contributed by atoms with Crippen molar-refractivity contribution in [2.45, 2.75) is 0 Å². The monoisotopic (exact) mass is 238 g/mol. The summed E-state index contributed by atoms with van der Waals surface area (Å²) < 4.78 is 0.937. The summed E-state index contributed by atoms with van der Waals surface area (Å²) in [6, 6.07) is 5.75. The molecule has 0 aliphatic heterocycles. The number of benzene rings is 1. The van der Waals surface area contributed by atoms with Crippen molar-refractivity contribution in [3.05, 3.63) is 28.9 Å². The number of hydrogen-bond donors (Lipinski definition) is 2. The molecule has 0 saturated heterocycles. The van der Waals surface area contributed by atoms with Gasteiger partial charge in [-0.3, -0.25) is 4.79 Å². The van der Waals surface area contributed by atoms with Gasteiger partial charge in [0.25, 0.3) is 0 Å². The van der Waals surface area contributed by atoms with Crippen LogP contribution in [0.25, 0.3) is 10.9 Å². The first kappa shape index (κ1) is 8.31. The number of anilines is 1. The molecule has 0 radical (unpaired) electrons. The molecule has 1 aromatic carbocycles. The van der Waals surface area contributed by atoms with Crippen LogP contribution < -0.4 is 5.32 Å². The average molecular weight is 239 g/mol. The van der Waals surface area contributed by atoms with Gasteiger partial charge in [-0.25, -0.2) is 0 Å². The molecular formula is C9H7BrN2O. The van der Waals surface area contributed by atoms with Crippen LogP contribution in [0.1, 0.15) is 0 Å². The highest BCUT2D eigenvalue weighted by atomic mass is 79.9. The van der Waals surface area contributed by atoms with Gasteiger partial charge >= 0.3 is 0 Å². The fourth-order valence-corrected chi connectivity index (χ4v) is 1.77. The molecule has 0 spiro atoms. The third-order valence-electron chi connectivity index (χ3n) is 1.85. The Balaban J connectivity index is 2.69. The number of H-pyrrole nitrogens is 1. The van der Waals surface area contributed by atoms with Gasteiger partial charge in [-0.05, 0) is 18.2 Å². The maximum atomic E-state index is 10.3. The lowest BCUT2D eigenvalue weighted by atomic mass is 10.2. The van der Waals surface area contributed by atoms with Crippen molar-refractivity contribution >= 4 is 38.9 Å². The van der Waals surface area contributed by atoms with Crippen molar-refractivity contribution in [3.8, 4) is 0 Å². The van der Waals surface area contributed by atoms with Gasteiger partial charge in [-0.2, -0.15) is 0 Å². The van der Waals surface area contributed by atoms with Crippen LogP contribution in [0.2, 0.25) is 0 Å². The molecule has 0 aliphatic carbocycles. The standard InChI is InChI=1S/C9H7BrN2O/c10-6-3-8-7(1-2-11-8)9(4-6)12-5-13/h1-5,11H,(H,12,13). The van der Waals surface area contributed by atoms with Crippen LogP contribution in [0.3, 0.4) is 0 Å². The van der Waals surface area contributed by atoms with Crippen LogP contribution in [0, 0.1) is 0 Å². The molecule has 0 atom stereocenters.